The number of ether oxygens (including phenoxy) is 1. The Bertz CT molecular complexity index is 912. The number of anilines is 1. The van der Waals surface area contributed by atoms with Crippen LogP contribution in [0.1, 0.15) is 20.8 Å². The number of carbonyl (C=O) groups excluding carboxylic acids is 1. The largest absolute Gasteiger partial charge is 0.497 e. The number of nitrogens with one attached hydrogen (secondary N) is 1. The molecule has 0 saturated heterocycles. The summed E-state index contributed by atoms with van der Waals surface area (Å²) < 4.78 is 32.0. The smallest absolute Gasteiger partial charge is 0.260 e. The molecule has 0 bridgehead atoms. The zero-order valence-corrected chi connectivity index (χ0v) is 14.1. The molecule has 128 valence electrons. The van der Waals surface area contributed by atoms with E-state index in [9.17, 15) is 13.6 Å². The average molecular weight is 360 g/mol. The Kier molecular flexibility index (Phi) is 5.04. The van der Waals surface area contributed by atoms with Crippen LogP contribution in [-0.4, -0.2) is 18.0 Å². The molecule has 0 radical (unpaired) electrons. The standard InChI is InChI=1S/C18H14F2N2O2S/c1-24-13-5-6-15(16(20)9-13)17(23)22-18-21-10-14(25-18)8-11-3-2-4-12(19)7-11/h2-7,9-10H,8H2,1H3,(H,21,22,23). The van der Waals surface area contributed by atoms with Crippen molar-refractivity contribution in [1.82, 2.24) is 4.98 Å². The fourth-order valence-electron chi connectivity index (χ4n) is 2.27. The summed E-state index contributed by atoms with van der Waals surface area (Å²) >= 11 is 1.26. The Morgan fingerprint density at radius 3 is 2.80 bits per heavy atom. The van der Waals surface area contributed by atoms with Crippen molar-refractivity contribution < 1.29 is 18.3 Å². The number of halogens is 2. The molecule has 1 amide bonds. The number of aromatic nitrogens is 1. The highest BCUT2D eigenvalue weighted by Crippen LogP contribution is 2.23. The van der Waals surface area contributed by atoms with Gasteiger partial charge in [0.05, 0.1) is 12.7 Å². The molecule has 0 aliphatic rings. The Balaban J connectivity index is 1.69. The summed E-state index contributed by atoms with van der Waals surface area (Å²) in [7, 11) is 1.42. The molecule has 2 aromatic carbocycles. The minimum absolute atomic E-state index is 0.0947. The second-order valence-electron chi connectivity index (χ2n) is 5.24. The van der Waals surface area contributed by atoms with Crippen molar-refractivity contribution in [2.24, 2.45) is 0 Å². The molecule has 0 spiro atoms. The number of methoxy groups -OCH3 is 1. The fraction of sp³-hybridized carbons (Fsp3) is 0.111. The molecule has 0 aliphatic heterocycles. The van der Waals surface area contributed by atoms with Crippen molar-refractivity contribution in [3.63, 3.8) is 0 Å². The molecule has 0 unspecified atom stereocenters. The zero-order chi connectivity index (χ0) is 17.8. The van der Waals surface area contributed by atoms with Gasteiger partial charge in [0.15, 0.2) is 5.13 Å². The number of benzene rings is 2. The van der Waals surface area contributed by atoms with E-state index < -0.39 is 11.7 Å². The van der Waals surface area contributed by atoms with Crippen LogP contribution in [0.15, 0.2) is 48.7 Å². The zero-order valence-electron chi connectivity index (χ0n) is 13.3. The van der Waals surface area contributed by atoms with Gasteiger partial charge in [-0.05, 0) is 29.8 Å². The number of nitrogens with zero attached hydrogens (tertiary/aromatic N) is 1. The lowest BCUT2D eigenvalue weighted by molar-refractivity contribution is 0.102. The summed E-state index contributed by atoms with van der Waals surface area (Å²) in [6, 6.07) is 10.3. The first-order valence-corrected chi connectivity index (χ1v) is 8.21. The first-order chi connectivity index (χ1) is 12.0. The van der Waals surface area contributed by atoms with E-state index in [4.69, 9.17) is 4.74 Å². The van der Waals surface area contributed by atoms with Crippen molar-refractivity contribution in [3.8, 4) is 5.75 Å². The van der Waals surface area contributed by atoms with Crippen LogP contribution in [0.2, 0.25) is 0 Å². The van der Waals surface area contributed by atoms with E-state index in [1.165, 1.54) is 42.7 Å². The van der Waals surface area contributed by atoms with Gasteiger partial charge in [-0.3, -0.25) is 10.1 Å². The third kappa shape index (κ3) is 4.19. The normalized spacial score (nSPS) is 10.5. The number of rotatable bonds is 5. The van der Waals surface area contributed by atoms with Gasteiger partial charge in [-0.25, -0.2) is 13.8 Å². The molecule has 25 heavy (non-hydrogen) atoms. The molecular formula is C18H14F2N2O2S. The Morgan fingerprint density at radius 1 is 1.24 bits per heavy atom. The second-order valence-corrected chi connectivity index (χ2v) is 6.35. The van der Waals surface area contributed by atoms with Gasteiger partial charge in [0, 0.05) is 23.6 Å². The first kappa shape index (κ1) is 17.0. The lowest BCUT2D eigenvalue weighted by Crippen LogP contribution is -2.13. The fourth-order valence-corrected chi connectivity index (χ4v) is 3.11. The van der Waals surface area contributed by atoms with Crippen LogP contribution in [0, 0.1) is 11.6 Å². The minimum Gasteiger partial charge on any atom is -0.497 e. The molecule has 1 N–H and O–H groups in total. The molecular weight excluding hydrogens is 346 g/mol. The lowest BCUT2D eigenvalue weighted by atomic mass is 10.1. The number of carbonyl (C=O) groups is 1. The van der Waals surface area contributed by atoms with Gasteiger partial charge in [-0.1, -0.05) is 12.1 Å². The van der Waals surface area contributed by atoms with E-state index in [0.29, 0.717) is 17.3 Å². The van der Waals surface area contributed by atoms with E-state index in [1.54, 1.807) is 12.3 Å². The van der Waals surface area contributed by atoms with Gasteiger partial charge in [0.25, 0.3) is 5.91 Å². The lowest BCUT2D eigenvalue weighted by Gasteiger charge is -2.05. The van der Waals surface area contributed by atoms with Gasteiger partial charge >= 0.3 is 0 Å². The van der Waals surface area contributed by atoms with E-state index in [2.05, 4.69) is 10.3 Å². The Labute approximate surface area is 147 Å². The minimum atomic E-state index is -0.673. The molecule has 4 nitrogen and oxygen atoms in total. The monoisotopic (exact) mass is 360 g/mol. The van der Waals surface area contributed by atoms with Crippen molar-refractivity contribution >= 4 is 22.4 Å². The molecule has 1 heterocycles. The molecule has 3 aromatic rings. The van der Waals surface area contributed by atoms with E-state index in [-0.39, 0.29) is 11.4 Å². The van der Waals surface area contributed by atoms with Crippen LogP contribution in [0.4, 0.5) is 13.9 Å². The molecule has 0 atom stereocenters. The van der Waals surface area contributed by atoms with Crippen LogP contribution < -0.4 is 10.1 Å². The summed E-state index contributed by atoms with van der Waals surface area (Å²) in [5.74, 6) is -1.23. The summed E-state index contributed by atoms with van der Waals surface area (Å²) in [5, 5.41) is 2.92. The van der Waals surface area contributed by atoms with Gasteiger partial charge < -0.3 is 4.74 Å². The first-order valence-electron chi connectivity index (χ1n) is 7.39. The maximum atomic E-state index is 13.9. The highest BCUT2D eigenvalue weighted by Gasteiger charge is 2.14. The topological polar surface area (TPSA) is 51.2 Å². The summed E-state index contributed by atoms with van der Waals surface area (Å²) in [6.07, 6.45) is 2.11. The van der Waals surface area contributed by atoms with Crippen molar-refractivity contribution in [3.05, 3.63) is 76.3 Å². The molecule has 0 fully saturated rings. The number of hydrogen-bond acceptors (Lipinski definition) is 4. The number of amides is 1. The van der Waals surface area contributed by atoms with Crippen LogP contribution in [0.5, 0.6) is 5.75 Å². The molecule has 7 heteroatoms. The molecule has 0 aliphatic carbocycles. The average Bonchev–Trinajstić information content (AvgIpc) is 3.01. The number of thiazole rings is 1. The predicted octanol–water partition coefficient (Wildman–Crippen LogP) is 4.27. The summed E-state index contributed by atoms with van der Waals surface area (Å²) in [6.45, 7) is 0. The second kappa shape index (κ2) is 7.40. The highest BCUT2D eigenvalue weighted by molar-refractivity contribution is 7.15. The van der Waals surface area contributed by atoms with Crippen LogP contribution in [0.25, 0.3) is 0 Å². The maximum absolute atomic E-state index is 13.9. The van der Waals surface area contributed by atoms with Gasteiger partial charge in [0.1, 0.15) is 17.4 Å². The van der Waals surface area contributed by atoms with Gasteiger partial charge in [-0.15, -0.1) is 11.3 Å². The summed E-state index contributed by atoms with van der Waals surface area (Å²) in [5.41, 5.74) is 0.713. The highest BCUT2D eigenvalue weighted by atomic mass is 32.1. The van der Waals surface area contributed by atoms with Gasteiger partial charge in [-0.2, -0.15) is 0 Å². The van der Waals surface area contributed by atoms with Crippen molar-refractivity contribution in [2.45, 2.75) is 6.42 Å². The van der Waals surface area contributed by atoms with Crippen LogP contribution >= 0.6 is 11.3 Å². The quantitative estimate of drug-likeness (QED) is 0.739. The van der Waals surface area contributed by atoms with E-state index >= 15 is 0 Å². The van der Waals surface area contributed by atoms with E-state index in [1.807, 2.05) is 6.07 Å². The number of hydrogen-bond donors (Lipinski definition) is 1. The molecule has 0 saturated carbocycles. The SMILES string of the molecule is COc1ccc(C(=O)Nc2ncc(Cc3cccc(F)c3)s2)c(F)c1. The Morgan fingerprint density at radius 2 is 2.08 bits per heavy atom. The third-order valence-corrected chi connectivity index (χ3v) is 4.38. The molecule has 3 rings (SSSR count). The summed E-state index contributed by atoms with van der Waals surface area (Å²) in [4.78, 5) is 17.1. The predicted molar refractivity (Wildman–Crippen MR) is 92.2 cm³/mol. The van der Waals surface area contributed by atoms with E-state index in [0.717, 1.165) is 16.5 Å². The van der Waals surface area contributed by atoms with Crippen molar-refractivity contribution in [1.29, 1.82) is 0 Å². The third-order valence-electron chi connectivity index (χ3n) is 3.46. The maximum Gasteiger partial charge on any atom is 0.260 e. The van der Waals surface area contributed by atoms with Crippen molar-refractivity contribution in [2.75, 3.05) is 12.4 Å². The Hall–Kier alpha value is -2.80. The van der Waals surface area contributed by atoms with Gasteiger partial charge in [0.2, 0.25) is 0 Å². The molecule has 1 aromatic heterocycles. The van der Waals surface area contributed by atoms with Crippen LogP contribution in [-0.2, 0) is 6.42 Å². The van der Waals surface area contributed by atoms with Crippen LogP contribution in [0.3, 0.4) is 0 Å².